The summed E-state index contributed by atoms with van der Waals surface area (Å²) in [6.45, 7) is 0. The second-order valence-electron chi connectivity index (χ2n) is 6.49. The van der Waals surface area contributed by atoms with Crippen molar-refractivity contribution in [3.8, 4) is 0 Å². The predicted octanol–water partition coefficient (Wildman–Crippen LogP) is 3.89. The van der Waals surface area contributed by atoms with Crippen molar-refractivity contribution in [2.45, 2.75) is 69.9 Å². The smallest absolute Gasteiger partial charge is 0.319 e. The van der Waals surface area contributed by atoms with Gasteiger partial charge < -0.3 is 16.0 Å². The average Bonchev–Trinajstić information content (AvgIpc) is 3.03. The largest absolute Gasteiger partial charge is 0.367 e. The molecule has 5 heteroatoms. The summed E-state index contributed by atoms with van der Waals surface area (Å²) in [6.07, 6.45) is 12.7. The number of aromatic nitrogens is 1. The number of carbonyl (C=O) groups excluding carboxylic acids is 1. The molecular formula is C17H26N4O. The van der Waals surface area contributed by atoms with Gasteiger partial charge in [-0.15, -0.1) is 0 Å². The van der Waals surface area contributed by atoms with Crippen molar-refractivity contribution in [1.82, 2.24) is 10.3 Å². The zero-order chi connectivity index (χ0) is 15.2. The van der Waals surface area contributed by atoms with Gasteiger partial charge >= 0.3 is 6.03 Å². The Bertz CT molecular complexity index is 476. The fourth-order valence-electron chi connectivity index (χ4n) is 3.43. The van der Waals surface area contributed by atoms with Crippen LogP contribution in [0.4, 0.5) is 16.3 Å². The van der Waals surface area contributed by atoms with Gasteiger partial charge in [-0.2, -0.15) is 0 Å². The topological polar surface area (TPSA) is 66.0 Å². The van der Waals surface area contributed by atoms with Crippen molar-refractivity contribution in [2.75, 3.05) is 10.6 Å². The number of amides is 2. The Hall–Kier alpha value is -1.78. The first-order valence-corrected chi connectivity index (χ1v) is 8.60. The Morgan fingerprint density at radius 1 is 0.955 bits per heavy atom. The van der Waals surface area contributed by atoms with Crippen molar-refractivity contribution < 1.29 is 4.79 Å². The molecule has 2 amide bonds. The maximum atomic E-state index is 12.0. The van der Waals surface area contributed by atoms with Crippen molar-refractivity contribution in [2.24, 2.45) is 0 Å². The molecule has 0 radical (unpaired) electrons. The van der Waals surface area contributed by atoms with E-state index in [9.17, 15) is 4.79 Å². The molecule has 0 aliphatic heterocycles. The number of carbonyl (C=O) groups is 1. The molecule has 2 aliphatic carbocycles. The van der Waals surface area contributed by atoms with Gasteiger partial charge in [-0.25, -0.2) is 9.78 Å². The zero-order valence-electron chi connectivity index (χ0n) is 13.1. The van der Waals surface area contributed by atoms with Gasteiger partial charge in [-0.3, -0.25) is 0 Å². The lowest BCUT2D eigenvalue weighted by Crippen LogP contribution is -2.39. The molecule has 5 nitrogen and oxygen atoms in total. The van der Waals surface area contributed by atoms with E-state index >= 15 is 0 Å². The van der Waals surface area contributed by atoms with Crippen LogP contribution >= 0.6 is 0 Å². The number of rotatable bonds is 4. The van der Waals surface area contributed by atoms with E-state index in [1.165, 1.54) is 44.9 Å². The first-order chi connectivity index (χ1) is 10.8. The minimum Gasteiger partial charge on any atom is -0.367 e. The molecule has 0 spiro atoms. The molecule has 2 saturated carbocycles. The molecule has 0 saturated heterocycles. The molecule has 2 fully saturated rings. The minimum atomic E-state index is -0.120. The van der Waals surface area contributed by atoms with Gasteiger partial charge in [0, 0.05) is 12.1 Å². The van der Waals surface area contributed by atoms with Crippen LogP contribution in [0.15, 0.2) is 18.3 Å². The molecule has 1 heterocycles. The van der Waals surface area contributed by atoms with Gasteiger partial charge in [-0.1, -0.05) is 32.1 Å². The lowest BCUT2D eigenvalue weighted by molar-refractivity contribution is 0.244. The van der Waals surface area contributed by atoms with Crippen molar-refractivity contribution in [3.05, 3.63) is 18.3 Å². The molecular weight excluding hydrogens is 276 g/mol. The standard InChI is InChI=1S/C17H26N4O/c22-17(20-14-6-2-1-3-7-14)21-15-10-11-16(18-12-15)19-13-8-4-5-9-13/h10-14H,1-9H2,(H,18,19)(H2,20,21,22). The molecule has 3 N–H and O–H groups in total. The first-order valence-electron chi connectivity index (χ1n) is 8.60. The molecule has 0 atom stereocenters. The summed E-state index contributed by atoms with van der Waals surface area (Å²) in [5, 5.41) is 9.36. The van der Waals surface area contributed by atoms with E-state index in [0.29, 0.717) is 12.1 Å². The third kappa shape index (κ3) is 4.36. The summed E-state index contributed by atoms with van der Waals surface area (Å²) in [5.74, 6) is 0.894. The lowest BCUT2D eigenvalue weighted by atomic mass is 9.96. The quantitative estimate of drug-likeness (QED) is 0.790. The van der Waals surface area contributed by atoms with Crippen LogP contribution in [0.5, 0.6) is 0 Å². The molecule has 3 rings (SSSR count). The zero-order valence-corrected chi connectivity index (χ0v) is 13.1. The van der Waals surface area contributed by atoms with Crippen molar-refractivity contribution >= 4 is 17.5 Å². The Morgan fingerprint density at radius 3 is 2.32 bits per heavy atom. The Balaban J connectivity index is 1.46. The molecule has 1 aromatic rings. The third-order valence-electron chi connectivity index (χ3n) is 4.67. The highest BCUT2D eigenvalue weighted by Gasteiger charge is 2.16. The van der Waals surface area contributed by atoms with Crippen LogP contribution in [0.2, 0.25) is 0 Å². The summed E-state index contributed by atoms with van der Waals surface area (Å²) >= 11 is 0. The van der Waals surface area contributed by atoms with E-state index < -0.39 is 0 Å². The number of nitrogens with one attached hydrogen (secondary N) is 3. The van der Waals surface area contributed by atoms with E-state index in [4.69, 9.17) is 0 Å². The average molecular weight is 302 g/mol. The molecule has 0 aromatic carbocycles. The second kappa shape index (κ2) is 7.47. The Kier molecular flexibility index (Phi) is 5.14. The van der Waals surface area contributed by atoms with Crippen molar-refractivity contribution in [1.29, 1.82) is 0 Å². The summed E-state index contributed by atoms with van der Waals surface area (Å²) < 4.78 is 0. The van der Waals surface area contributed by atoms with E-state index in [1.54, 1.807) is 6.20 Å². The SMILES string of the molecule is O=C(Nc1ccc(NC2CCCC2)nc1)NC1CCCCC1. The van der Waals surface area contributed by atoms with Crippen LogP contribution in [-0.2, 0) is 0 Å². The van der Waals surface area contributed by atoms with Gasteiger partial charge in [0.15, 0.2) is 0 Å². The van der Waals surface area contributed by atoms with E-state index in [-0.39, 0.29) is 6.03 Å². The van der Waals surface area contributed by atoms with E-state index in [1.807, 2.05) is 12.1 Å². The summed E-state index contributed by atoms with van der Waals surface area (Å²) in [4.78, 5) is 16.4. The number of hydrogen-bond donors (Lipinski definition) is 3. The fourth-order valence-corrected chi connectivity index (χ4v) is 3.43. The Labute approximate surface area is 132 Å². The van der Waals surface area contributed by atoms with Gasteiger partial charge in [0.05, 0.1) is 11.9 Å². The highest BCUT2D eigenvalue weighted by molar-refractivity contribution is 5.89. The summed E-state index contributed by atoms with van der Waals surface area (Å²) in [6, 6.07) is 4.61. The normalized spacial score (nSPS) is 19.8. The van der Waals surface area contributed by atoms with Gasteiger partial charge in [-0.05, 0) is 37.8 Å². The lowest BCUT2D eigenvalue weighted by Gasteiger charge is -2.22. The molecule has 1 aromatic heterocycles. The van der Waals surface area contributed by atoms with Crippen LogP contribution < -0.4 is 16.0 Å². The van der Waals surface area contributed by atoms with Gasteiger partial charge in [0.1, 0.15) is 5.82 Å². The number of pyridine rings is 1. The van der Waals surface area contributed by atoms with Crippen LogP contribution in [0.1, 0.15) is 57.8 Å². The van der Waals surface area contributed by atoms with Crippen LogP contribution in [0, 0.1) is 0 Å². The molecule has 22 heavy (non-hydrogen) atoms. The monoisotopic (exact) mass is 302 g/mol. The van der Waals surface area contributed by atoms with E-state index in [2.05, 4.69) is 20.9 Å². The highest BCUT2D eigenvalue weighted by atomic mass is 16.2. The third-order valence-corrected chi connectivity index (χ3v) is 4.67. The number of urea groups is 1. The predicted molar refractivity (Wildman–Crippen MR) is 89.1 cm³/mol. The summed E-state index contributed by atoms with van der Waals surface area (Å²) in [7, 11) is 0. The number of nitrogens with zero attached hydrogens (tertiary/aromatic N) is 1. The second-order valence-corrected chi connectivity index (χ2v) is 6.49. The van der Waals surface area contributed by atoms with Gasteiger partial charge in [0.2, 0.25) is 0 Å². The summed E-state index contributed by atoms with van der Waals surface area (Å²) in [5.41, 5.74) is 0.741. The molecule has 0 bridgehead atoms. The van der Waals surface area contributed by atoms with Crippen LogP contribution in [0.3, 0.4) is 0 Å². The molecule has 2 aliphatic rings. The molecule has 0 unspecified atom stereocenters. The highest BCUT2D eigenvalue weighted by Crippen LogP contribution is 2.22. The fraction of sp³-hybridized carbons (Fsp3) is 0.647. The maximum Gasteiger partial charge on any atom is 0.319 e. The van der Waals surface area contributed by atoms with E-state index in [0.717, 1.165) is 24.3 Å². The minimum absolute atomic E-state index is 0.120. The van der Waals surface area contributed by atoms with Crippen LogP contribution in [0.25, 0.3) is 0 Å². The Morgan fingerprint density at radius 2 is 1.64 bits per heavy atom. The first kappa shape index (κ1) is 15.1. The maximum absolute atomic E-state index is 12.0. The van der Waals surface area contributed by atoms with Crippen LogP contribution in [-0.4, -0.2) is 23.1 Å². The number of anilines is 2. The molecule has 120 valence electrons. The number of hydrogen-bond acceptors (Lipinski definition) is 3. The van der Waals surface area contributed by atoms with Gasteiger partial charge in [0.25, 0.3) is 0 Å². The van der Waals surface area contributed by atoms with Crippen molar-refractivity contribution in [3.63, 3.8) is 0 Å².